The Morgan fingerprint density at radius 3 is 2.39 bits per heavy atom. The average molecular weight is 249 g/mol. The van der Waals surface area contributed by atoms with E-state index in [1.165, 1.54) is 12.8 Å². The van der Waals surface area contributed by atoms with Crippen molar-refractivity contribution in [3.05, 3.63) is 18.2 Å². The molecule has 1 aliphatic rings. The maximum atomic E-state index is 6.02. The molecule has 0 amide bonds. The van der Waals surface area contributed by atoms with E-state index in [4.69, 9.17) is 15.2 Å². The van der Waals surface area contributed by atoms with E-state index < -0.39 is 0 Å². The van der Waals surface area contributed by atoms with Crippen molar-refractivity contribution in [2.75, 3.05) is 12.8 Å². The normalized spacial score (nSPS) is 19.5. The van der Waals surface area contributed by atoms with Crippen LogP contribution in [0.3, 0.4) is 0 Å². The Bertz CT molecular complexity index is 405. The van der Waals surface area contributed by atoms with E-state index in [2.05, 4.69) is 13.8 Å². The molecular formula is C15H23NO2. The Labute approximate surface area is 109 Å². The van der Waals surface area contributed by atoms with E-state index in [9.17, 15) is 0 Å². The zero-order valence-corrected chi connectivity index (χ0v) is 11.5. The van der Waals surface area contributed by atoms with Crippen molar-refractivity contribution in [1.82, 2.24) is 0 Å². The van der Waals surface area contributed by atoms with E-state index in [1.54, 1.807) is 7.11 Å². The van der Waals surface area contributed by atoms with Crippen molar-refractivity contribution in [3.63, 3.8) is 0 Å². The van der Waals surface area contributed by atoms with E-state index >= 15 is 0 Å². The molecular weight excluding hydrogens is 226 g/mol. The molecule has 1 aromatic rings. The fourth-order valence-corrected chi connectivity index (χ4v) is 2.47. The number of rotatable bonds is 3. The highest BCUT2D eigenvalue weighted by Crippen LogP contribution is 2.38. The number of nitrogens with two attached hydrogens (primary N) is 1. The van der Waals surface area contributed by atoms with Crippen molar-refractivity contribution in [1.29, 1.82) is 0 Å². The lowest BCUT2D eigenvalue weighted by molar-refractivity contribution is 0.0992. The van der Waals surface area contributed by atoms with Crippen LogP contribution in [-0.4, -0.2) is 13.2 Å². The highest BCUT2D eigenvalue weighted by molar-refractivity contribution is 5.62. The topological polar surface area (TPSA) is 44.5 Å². The summed E-state index contributed by atoms with van der Waals surface area (Å²) in [6.07, 6.45) is 4.91. The van der Waals surface area contributed by atoms with Gasteiger partial charge in [-0.2, -0.15) is 0 Å². The summed E-state index contributed by atoms with van der Waals surface area (Å²) < 4.78 is 11.2. The molecule has 2 rings (SSSR count). The Kier molecular flexibility index (Phi) is 3.69. The van der Waals surface area contributed by atoms with E-state index in [-0.39, 0.29) is 6.10 Å². The zero-order valence-electron chi connectivity index (χ0n) is 11.5. The van der Waals surface area contributed by atoms with Gasteiger partial charge in [-0.1, -0.05) is 19.9 Å². The van der Waals surface area contributed by atoms with Gasteiger partial charge in [0.1, 0.15) is 17.2 Å². The van der Waals surface area contributed by atoms with Gasteiger partial charge in [0.2, 0.25) is 0 Å². The minimum Gasteiger partial charge on any atom is -0.494 e. The first kappa shape index (κ1) is 13.1. The van der Waals surface area contributed by atoms with Gasteiger partial charge in [0, 0.05) is 0 Å². The van der Waals surface area contributed by atoms with Crippen molar-refractivity contribution in [2.45, 2.75) is 45.6 Å². The number of para-hydroxylation sites is 1. The second-order valence-electron chi connectivity index (χ2n) is 5.85. The van der Waals surface area contributed by atoms with Crippen LogP contribution in [0.25, 0.3) is 0 Å². The number of hydrogen-bond acceptors (Lipinski definition) is 3. The lowest BCUT2D eigenvalue weighted by Gasteiger charge is -2.34. The molecule has 1 fully saturated rings. The number of methoxy groups -OCH3 is 1. The molecule has 0 radical (unpaired) electrons. The molecule has 0 spiro atoms. The predicted octanol–water partition coefficient (Wildman–Crippen LogP) is 3.63. The lowest BCUT2D eigenvalue weighted by atomic mass is 9.76. The second kappa shape index (κ2) is 5.09. The zero-order chi connectivity index (χ0) is 13.2. The Morgan fingerprint density at radius 2 is 1.78 bits per heavy atom. The number of ether oxygens (including phenoxy) is 2. The fraction of sp³-hybridized carbons (Fsp3) is 0.600. The van der Waals surface area contributed by atoms with Gasteiger partial charge in [0.15, 0.2) is 0 Å². The molecule has 0 bridgehead atoms. The van der Waals surface area contributed by atoms with Crippen LogP contribution in [0.2, 0.25) is 0 Å². The third-order valence-corrected chi connectivity index (χ3v) is 3.83. The van der Waals surface area contributed by atoms with Crippen molar-refractivity contribution >= 4 is 5.69 Å². The average Bonchev–Trinajstić information content (AvgIpc) is 2.34. The van der Waals surface area contributed by atoms with Crippen molar-refractivity contribution < 1.29 is 9.47 Å². The first-order valence-electron chi connectivity index (χ1n) is 6.61. The van der Waals surface area contributed by atoms with Crippen LogP contribution in [0.5, 0.6) is 11.5 Å². The van der Waals surface area contributed by atoms with E-state index in [0.717, 1.165) is 18.6 Å². The molecule has 0 saturated heterocycles. The summed E-state index contributed by atoms with van der Waals surface area (Å²) in [5.41, 5.74) is 7.07. The molecule has 0 unspecified atom stereocenters. The number of benzene rings is 1. The Morgan fingerprint density at radius 1 is 1.17 bits per heavy atom. The highest BCUT2D eigenvalue weighted by Gasteiger charge is 2.28. The van der Waals surface area contributed by atoms with E-state index in [1.807, 2.05) is 18.2 Å². The molecule has 0 aliphatic heterocycles. The molecule has 100 valence electrons. The van der Waals surface area contributed by atoms with Crippen LogP contribution in [0, 0.1) is 5.41 Å². The summed E-state index contributed by atoms with van der Waals surface area (Å²) >= 11 is 0. The summed E-state index contributed by atoms with van der Waals surface area (Å²) in [4.78, 5) is 0. The molecule has 0 aromatic heterocycles. The minimum absolute atomic E-state index is 0.285. The third-order valence-electron chi connectivity index (χ3n) is 3.83. The van der Waals surface area contributed by atoms with Gasteiger partial charge < -0.3 is 15.2 Å². The molecule has 1 aliphatic carbocycles. The number of anilines is 1. The van der Waals surface area contributed by atoms with Crippen LogP contribution in [-0.2, 0) is 0 Å². The van der Waals surface area contributed by atoms with E-state index in [0.29, 0.717) is 16.9 Å². The molecule has 3 heteroatoms. The minimum atomic E-state index is 0.285. The summed E-state index contributed by atoms with van der Waals surface area (Å²) in [6, 6.07) is 5.68. The Balaban J connectivity index is 2.02. The van der Waals surface area contributed by atoms with Crippen LogP contribution in [0.4, 0.5) is 5.69 Å². The van der Waals surface area contributed by atoms with Gasteiger partial charge in [-0.25, -0.2) is 0 Å². The standard InChI is InChI=1S/C15H23NO2/c1-15(2)9-7-11(8-10-15)18-13-6-4-5-12(17-3)14(13)16/h4-6,11H,7-10,16H2,1-3H3. The smallest absolute Gasteiger partial charge is 0.146 e. The van der Waals surface area contributed by atoms with Crippen LogP contribution in [0.1, 0.15) is 39.5 Å². The fourth-order valence-electron chi connectivity index (χ4n) is 2.47. The Hall–Kier alpha value is -1.38. The van der Waals surface area contributed by atoms with Crippen LogP contribution < -0.4 is 15.2 Å². The maximum Gasteiger partial charge on any atom is 0.146 e. The first-order chi connectivity index (χ1) is 8.52. The number of hydrogen-bond donors (Lipinski definition) is 1. The predicted molar refractivity (Wildman–Crippen MR) is 74.1 cm³/mol. The van der Waals surface area contributed by atoms with Crippen molar-refractivity contribution in [2.24, 2.45) is 5.41 Å². The summed E-state index contributed by atoms with van der Waals surface area (Å²) in [6.45, 7) is 4.65. The summed E-state index contributed by atoms with van der Waals surface area (Å²) in [5, 5.41) is 0. The first-order valence-corrected chi connectivity index (χ1v) is 6.61. The molecule has 0 heterocycles. The third kappa shape index (κ3) is 2.89. The second-order valence-corrected chi connectivity index (χ2v) is 5.85. The lowest BCUT2D eigenvalue weighted by Crippen LogP contribution is -2.28. The van der Waals surface area contributed by atoms with Crippen LogP contribution >= 0.6 is 0 Å². The highest BCUT2D eigenvalue weighted by atomic mass is 16.5. The molecule has 0 atom stereocenters. The molecule has 1 saturated carbocycles. The summed E-state index contributed by atoms with van der Waals surface area (Å²) in [7, 11) is 1.62. The summed E-state index contributed by atoms with van der Waals surface area (Å²) in [5.74, 6) is 1.43. The SMILES string of the molecule is COc1cccc(OC2CCC(C)(C)CC2)c1N. The van der Waals surface area contributed by atoms with Gasteiger partial charge in [-0.15, -0.1) is 0 Å². The molecule has 1 aromatic carbocycles. The number of nitrogen functional groups attached to an aromatic ring is 1. The van der Waals surface area contributed by atoms with Gasteiger partial charge >= 0.3 is 0 Å². The van der Waals surface area contributed by atoms with Crippen LogP contribution in [0.15, 0.2) is 18.2 Å². The van der Waals surface area contributed by atoms with Crippen molar-refractivity contribution in [3.8, 4) is 11.5 Å². The van der Waals surface area contributed by atoms with Gasteiger partial charge in [-0.05, 0) is 43.2 Å². The molecule has 18 heavy (non-hydrogen) atoms. The quantitative estimate of drug-likeness (QED) is 0.832. The molecule has 2 N–H and O–H groups in total. The monoisotopic (exact) mass is 249 g/mol. The maximum absolute atomic E-state index is 6.02. The van der Waals surface area contributed by atoms with Gasteiger partial charge in [0.25, 0.3) is 0 Å². The molecule has 3 nitrogen and oxygen atoms in total. The van der Waals surface area contributed by atoms with Gasteiger partial charge in [0.05, 0.1) is 13.2 Å². The van der Waals surface area contributed by atoms with Gasteiger partial charge in [-0.3, -0.25) is 0 Å². The largest absolute Gasteiger partial charge is 0.494 e.